The van der Waals surface area contributed by atoms with Crippen molar-refractivity contribution in [1.82, 2.24) is 15.3 Å². The van der Waals surface area contributed by atoms with Crippen molar-refractivity contribution < 1.29 is 4.79 Å². The summed E-state index contributed by atoms with van der Waals surface area (Å²) in [4.78, 5) is 17.8. The van der Waals surface area contributed by atoms with Crippen molar-refractivity contribution in [2.45, 2.75) is 20.4 Å². The maximum absolute atomic E-state index is 11.2. The molecule has 7 heteroatoms. The third kappa shape index (κ3) is 3.44. The van der Waals surface area contributed by atoms with Crippen LogP contribution in [-0.4, -0.2) is 29.0 Å². The zero-order valence-corrected chi connectivity index (χ0v) is 12.5. The molecule has 0 atom stereocenters. The number of hydrogen-bond acceptors (Lipinski definition) is 5. The summed E-state index contributed by atoms with van der Waals surface area (Å²) in [5.74, 6) is 5.03. The Labute approximate surface area is 121 Å². The number of fused-ring (bicyclic) bond motifs is 1. The maximum Gasteiger partial charge on any atom is 0.335 e. The molecule has 2 rings (SSSR count). The van der Waals surface area contributed by atoms with Gasteiger partial charge in [-0.2, -0.15) is 0 Å². The molecule has 0 unspecified atom stereocenters. The number of amides is 2. The predicted octanol–water partition coefficient (Wildman–Crippen LogP) is 2.13. The minimum absolute atomic E-state index is 0.465. The monoisotopic (exact) mass is 293 g/mol. The fourth-order valence-electron chi connectivity index (χ4n) is 1.96. The molecule has 1 heterocycles. The third-order valence-electron chi connectivity index (χ3n) is 3.11. The van der Waals surface area contributed by atoms with E-state index >= 15 is 0 Å². The molecule has 2 amide bonds. The average Bonchev–Trinajstić information content (AvgIpc) is 2.85. The third-order valence-corrected chi connectivity index (χ3v) is 4.04. The topological polar surface area (TPSA) is 83.3 Å². The van der Waals surface area contributed by atoms with Crippen molar-refractivity contribution in [3.8, 4) is 0 Å². The Morgan fingerprint density at radius 1 is 1.40 bits per heavy atom. The van der Waals surface area contributed by atoms with E-state index in [-0.39, 0.29) is 0 Å². The number of carbonyl (C=O) groups is 1. The summed E-state index contributed by atoms with van der Waals surface area (Å²) < 4.78 is 1.06. The summed E-state index contributed by atoms with van der Waals surface area (Å²) in [5.41, 5.74) is 4.15. The number of nitrogens with two attached hydrogens (primary N) is 1. The predicted molar refractivity (Wildman–Crippen MR) is 82.6 cm³/mol. The van der Waals surface area contributed by atoms with Gasteiger partial charge in [0.2, 0.25) is 0 Å². The van der Waals surface area contributed by atoms with Crippen molar-refractivity contribution in [2.24, 2.45) is 5.84 Å². The van der Waals surface area contributed by atoms with Crippen molar-refractivity contribution in [3.05, 3.63) is 23.8 Å². The number of hydrogen-bond donors (Lipinski definition) is 3. The van der Waals surface area contributed by atoms with Gasteiger partial charge in [-0.1, -0.05) is 31.3 Å². The molecule has 1 aromatic heterocycles. The number of anilines is 1. The number of rotatable bonds is 5. The molecule has 0 fully saturated rings. The zero-order chi connectivity index (χ0) is 14.5. The highest BCUT2D eigenvalue weighted by atomic mass is 32.1. The summed E-state index contributed by atoms with van der Waals surface area (Å²) in [6.07, 6.45) is 0. The molecular weight excluding hydrogens is 274 g/mol. The molecule has 0 aliphatic heterocycles. The number of carbonyl (C=O) groups excluding carboxylic acids is 1. The van der Waals surface area contributed by atoms with E-state index in [0.29, 0.717) is 5.13 Å². The molecule has 0 saturated heterocycles. The lowest BCUT2D eigenvalue weighted by molar-refractivity contribution is 0.252. The number of urea groups is 1. The van der Waals surface area contributed by atoms with Gasteiger partial charge < -0.3 is 0 Å². The highest BCUT2D eigenvalue weighted by molar-refractivity contribution is 7.22. The first-order valence-corrected chi connectivity index (χ1v) is 7.37. The first-order chi connectivity index (χ1) is 9.66. The highest BCUT2D eigenvalue weighted by Gasteiger charge is 2.08. The van der Waals surface area contributed by atoms with Crippen molar-refractivity contribution in [1.29, 1.82) is 0 Å². The normalized spacial score (nSPS) is 11.0. The lowest BCUT2D eigenvalue weighted by Gasteiger charge is -2.17. The molecule has 0 aliphatic rings. The number of thiazole rings is 1. The molecule has 4 N–H and O–H groups in total. The fraction of sp³-hybridized carbons (Fsp3) is 0.385. The average molecular weight is 293 g/mol. The Morgan fingerprint density at radius 3 is 2.80 bits per heavy atom. The summed E-state index contributed by atoms with van der Waals surface area (Å²) in [6, 6.07) is 5.72. The first kappa shape index (κ1) is 14.7. The summed E-state index contributed by atoms with van der Waals surface area (Å²) in [7, 11) is 0. The zero-order valence-electron chi connectivity index (χ0n) is 11.6. The molecule has 6 nitrogen and oxygen atoms in total. The van der Waals surface area contributed by atoms with Crippen LogP contribution in [0.4, 0.5) is 9.93 Å². The number of aromatic nitrogens is 1. The Kier molecular flexibility index (Phi) is 4.89. The van der Waals surface area contributed by atoms with Gasteiger partial charge in [-0.15, -0.1) is 0 Å². The number of nitrogens with one attached hydrogen (secondary N) is 2. The van der Waals surface area contributed by atoms with E-state index in [0.717, 1.165) is 29.9 Å². The van der Waals surface area contributed by atoms with Crippen LogP contribution < -0.4 is 16.6 Å². The molecule has 0 saturated carbocycles. The molecule has 1 aromatic carbocycles. The molecule has 0 radical (unpaired) electrons. The van der Waals surface area contributed by atoms with Gasteiger partial charge in [0.1, 0.15) is 0 Å². The largest absolute Gasteiger partial charge is 0.335 e. The van der Waals surface area contributed by atoms with E-state index in [9.17, 15) is 4.79 Å². The van der Waals surface area contributed by atoms with Crippen molar-refractivity contribution in [2.75, 3.05) is 18.4 Å². The minimum Gasteiger partial charge on any atom is -0.300 e. The minimum atomic E-state index is -0.465. The van der Waals surface area contributed by atoms with E-state index in [4.69, 9.17) is 5.84 Å². The molecule has 20 heavy (non-hydrogen) atoms. The SMILES string of the molecule is CCN(CC)Cc1ccc2nc(NC(=O)NN)sc2c1. The molecule has 0 aliphatic carbocycles. The Balaban J connectivity index is 2.19. The summed E-state index contributed by atoms with van der Waals surface area (Å²) >= 11 is 1.44. The highest BCUT2D eigenvalue weighted by Crippen LogP contribution is 2.27. The molecule has 0 bridgehead atoms. The van der Waals surface area contributed by atoms with Gasteiger partial charge in [0.15, 0.2) is 5.13 Å². The van der Waals surface area contributed by atoms with Crippen LogP contribution in [0, 0.1) is 0 Å². The van der Waals surface area contributed by atoms with Gasteiger partial charge in [-0.3, -0.25) is 15.6 Å². The second-order valence-electron chi connectivity index (χ2n) is 4.38. The van der Waals surface area contributed by atoms with Crippen molar-refractivity contribution in [3.63, 3.8) is 0 Å². The van der Waals surface area contributed by atoms with Crippen LogP contribution in [0.15, 0.2) is 18.2 Å². The lowest BCUT2D eigenvalue weighted by atomic mass is 10.2. The van der Waals surface area contributed by atoms with Crippen LogP contribution in [0.3, 0.4) is 0 Å². The van der Waals surface area contributed by atoms with E-state index in [2.05, 4.69) is 41.2 Å². The Bertz CT molecular complexity index is 593. The second-order valence-corrected chi connectivity index (χ2v) is 5.41. The number of nitrogens with zero attached hydrogens (tertiary/aromatic N) is 2. The summed E-state index contributed by atoms with van der Waals surface area (Å²) in [5, 5.41) is 3.13. The van der Waals surface area contributed by atoms with E-state index in [1.54, 1.807) is 0 Å². The van der Waals surface area contributed by atoms with Crippen LogP contribution >= 0.6 is 11.3 Å². The fourth-order valence-corrected chi connectivity index (χ4v) is 2.88. The van der Waals surface area contributed by atoms with Crippen LogP contribution in [-0.2, 0) is 6.54 Å². The lowest BCUT2D eigenvalue weighted by Crippen LogP contribution is -2.34. The van der Waals surface area contributed by atoms with Gasteiger partial charge in [0.05, 0.1) is 10.2 Å². The van der Waals surface area contributed by atoms with Gasteiger partial charge in [0, 0.05) is 6.54 Å². The molecule has 108 valence electrons. The van der Waals surface area contributed by atoms with Crippen LogP contribution in [0.2, 0.25) is 0 Å². The van der Waals surface area contributed by atoms with Gasteiger partial charge in [-0.25, -0.2) is 15.6 Å². The quantitative estimate of drug-likeness (QED) is 0.448. The Hall–Kier alpha value is -1.70. The second kappa shape index (κ2) is 6.65. The van der Waals surface area contributed by atoms with Gasteiger partial charge in [0.25, 0.3) is 0 Å². The van der Waals surface area contributed by atoms with E-state index in [1.807, 2.05) is 11.5 Å². The van der Waals surface area contributed by atoms with Crippen LogP contribution in [0.5, 0.6) is 0 Å². The summed E-state index contributed by atoms with van der Waals surface area (Å²) in [6.45, 7) is 7.29. The first-order valence-electron chi connectivity index (χ1n) is 6.55. The van der Waals surface area contributed by atoms with E-state index in [1.165, 1.54) is 16.9 Å². The van der Waals surface area contributed by atoms with Gasteiger partial charge >= 0.3 is 6.03 Å². The van der Waals surface area contributed by atoms with Gasteiger partial charge in [-0.05, 0) is 30.8 Å². The van der Waals surface area contributed by atoms with Crippen LogP contribution in [0.25, 0.3) is 10.2 Å². The number of benzene rings is 1. The molecule has 0 spiro atoms. The Morgan fingerprint density at radius 2 is 2.15 bits per heavy atom. The smallest absolute Gasteiger partial charge is 0.300 e. The number of hydrazine groups is 1. The standard InChI is InChI=1S/C13H19N5OS/c1-3-18(4-2)8-9-5-6-10-11(7-9)20-13(15-10)16-12(19)17-14/h5-7H,3-4,8,14H2,1-2H3,(H2,15,16,17,19). The maximum atomic E-state index is 11.2. The molecule has 2 aromatic rings. The van der Waals surface area contributed by atoms with Crippen LogP contribution in [0.1, 0.15) is 19.4 Å². The molecular formula is C13H19N5OS. The van der Waals surface area contributed by atoms with Crippen molar-refractivity contribution >= 4 is 32.7 Å². The van der Waals surface area contributed by atoms with E-state index < -0.39 is 6.03 Å².